The van der Waals surface area contributed by atoms with Crippen LogP contribution in [0.1, 0.15) is 11.1 Å². The number of hydrogen-bond donors (Lipinski definition) is 0. The minimum Gasteiger partial charge on any atom is -0.115 e. The van der Waals surface area contributed by atoms with E-state index in [1.54, 1.807) is 0 Å². The van der Waals surface area contributed by atoms with Crippen LogP contribution in [-0.2, 0) is 0 Å². The fourth-order valence-corrected chi connectivity index (χ4v) is 3.23. The zero-order valence-corrected chi connectivity index (χ0v) is 13.1. The van der Waals surface area contributed by atoms with Gasteiger partial charge >= 0.3 is 0 Å². The molecule has 0 bridgehead atoms. The van der Waals surface area contributed by atoms with Gasteiger partial charge in [-0.25, -0.2) is 0 Å². The van der Waals surface area contributed by atoms with Crippen LogP contribution in [0.5, 0.6) is 0 Å². The molecule has 110 valence electrons. The second-order valence-electron chi connectivity index (χ2n) is 5.78. The Hall–Kier alpha value is -3.48. The number of fused-ring (bicyclic) bond motifs is 2. The van der Waals surface area contributed by atoms with E-state index < -0.39 is 0 Å². The number of rotatable bonds is 1. The van der Waals surface area contributed by atoms with E-state index in [2.05, 4.69) is 60.4 Å². The molecule has 0 N–H and O–H groups in total. The fraction of sp³-hybridized carbons (Fsp3) is 0. The van der Waals surface area contributed by atoms with Crippen molar-refractivity contribution in [2.24, 2.45) is 0 Å². The summed E-state index contributed by atoms with van der Waals surface area (Å²) in [6.07, 6.45) is 11.3. The van der Waals surface area contributed by atoms with Crippen molar-refractivity contribution in [1.82, 2.24) is 0 Å². The Labute approximate surface area is 141 Å². The van der Waals surface area contributed by atoms with Gasteiger partial charge in [0.2, 0.25) is 0 Å². The molecular formula is C24H14. The summed E-state index contributed by atoms with van der Waals surface area (Å²) in [4.78, 5) is 0. The summed E-state index contributed by atoms with van der Waals surface area (Å²) in [5, 5.41) is 4.63. The molecule has 0 radical (unpaired) electrons. The van der Waals surface area contributed by atoms with Crippen LogP contribution in [0, 0.1) is 24.7 Å². The van der Waals surface area contributed by atoms with Gasteiger partial charge in [0.1, 0.15) is 0 Å². The molecule has 4 aromatic rings. The van der Waals surface area contributed by atoms with E-state index >= 15 is 0 Å². The maximum atomic E-state index is 5.67. The van der Waals surface area contributed by atoms with Gasteiger partial charge in [-0.15, -0.1) is 12.8 Å². The van der Waals surface area contributed by atoms with E-state index in [-0.39, 0.29) is 0 Å². The van der Waals surface area contributed by atoms with Gasteiger partial charge in [-0.2, -0.15) is 0 Å². The minimum atomic E-state index is 0.874. The zero-order chi connectivity index (χ0) is 16.5. The molecule has 24 heavy (non-hydrogen) atoms. The summed E-state index contributed by atoms with van der Waals surface area (Å²) in [7, 11) is 0. The van der Waals surface area contributed by atoms with Crippen molar-refractivity contribution < 1.29 is 0 Å². The van der Waals surface area contributed by atoms with E-state index in [1.807, 2.05) is 24.3 Å². The van der Waals surface area contributed by atoms with Gasteiger partial charge in [0, 0.05) is 11.1 Å². The summed E-state index contributed by atoms with van der Waals surface area (Å²) in [6.45, 7) is 0. The van der Waals surface area contributed by atoms with Gasteiger partial charge in [-0.3, -0.25) is 0 Å². The molecule has 0 aliphatic rings. The van der Waals surface area contributed by atoms with Crippen LogP contribution in [0.25, 0.3) is 32.7 Å². The van der Waals surface area contributed by atoms with Gasteiger partial charge in [-0.05, 0) is 56.9 Å². The van der Waals surface area contributed by atoms with Crippen LogP contribution in [0.15, 0.2) is 72.8 Å². The highest BCUT2D eigenvalue weighted by atomic mass is 14.1. The van der Waals surface area contributed by atoms with Gasteiger partial charge in [0.05, 0.1) is 0 Å². The Morgan fingerprint density at radius 1 is 0.542 bits per heavy atom. The first kappa shape index (κ1) is 14.1. The quantitative estimate of drug-likeness (QED) is 0.400. The Balaban J connectivity index is 2.18. The summed E-state index contributed by atoms with van der Waals surface area (Å²) in [6, 6.07) is 24.8. The second kappa shape index (κ2) is 5.62. The number of terminal acetylenes is 2. The highest BCUT2D eigenvalue weighted by Gasteiger charge is 2.10. The normalized spacial score (nSPS) is 10.4. The van der Waals surface area contributed by atoms with Crippen molar-refractivity contribution in [3.05, 3.63) is 83.9 Å². The Kier molecular flexibility index (Phi) is 3.31. The highest BCUT2D eigenvalue weighted by molar-refractivity contribution is 6.06. The molecule has 0 aromatic heterocycles. The van der Waals surface area contributed by atoms with Gasteiger partial charge in [0.15, 0.2) is 0 Å². The first-order valence-corrected chi connectivity index (χ1v) is 7.79. The standard InChI is InChI=1S/C24H14/c1-3-17-13-19-9-5-7-11-21(19)23(15-17)24-16-18(4-2)14-20-10-6-8-12-22(20)24/h1-2,5-16H. The summed E-state index contributed by atoms with van der Waals surface area (Å²) in [5.74, 6) is 5.53. The van der Waals surface area contributed by atoms with Crippen molar-refractivity contribution in [3.63, 3.8) is 0 Å². The second-order valence-corrected chi connectivity index (χ2v) is 5.78. The molecule has 4 aromatic carbocycles. The van der Waals surface area contributed by atoms with Crippen molar-refractivity contribution in [2.45, 2.75) is 0 Å². The molecule has 0 heteroatoms. The van der Waals surface area contributed by atoms with Crippen LogP contribution in [0.4, 0.5) is 0 Å². The average Bonchev–Trinajstić information content (AvgIpc) is 2.66. The van der Waals surface area contributed by atoms with Crippen LogP contribution in [0.2, 0.25) is 0 Å². The van der Waals surface area contributed by atoms with Gasteiger partial charge in [-0.1, -0.05) is 60.4 Å². The van der Waals surface area contributed by atoms with E-state index in [0.29, 0.717) is 0 Å². The molecule has 0 atom stereocenters. The predicted octanol–water partition coefficient (Wildman–Crippen LogP) is 5.62. The fourth-order valence-electron chi connectivity index (χ4n) is 3.23. The molecule has 0 unspecified atom stereocenters. The van der Waals surface area contributed by atoms with Crippen LogP contribution in [-0.4, -0.2) is 0 Å². The predicted molar refractivity (Wildman–Crippen MR) is 103 cm³/mol. The first-order chi connectivity index (χ1) is 11.8. The van der Waals surface area contributed by atoms with E-state index in [9.17, 15) is 0 Å². The average molecular weight is 302 g/mol. The summed E-state index contributed by atoms with van der Waals surface area (Å²) in [5.41, 5.74) is 3.99. The smallest absolute Gasteiger partial charge is 0.0255 e. The lowest BCUT2D eigenvalue weighted by atomic mass is 9.91. The molecule has 0 amide bonds. The Morgan fingerprint density at radius 3 is 1.38 bits per heavy atom. The Morgan fingerprint density at radius 2 is 0.958 bits per heavy atom. The van der Waals surface area contributed by atoms with Crippen molar-refractivity contribution in [3.8, 4) is 35.8 Å². The first-order valence-electron chi connectivity index (χ1n) is 7.79. The summed E-state index contributed by atoms with van der Waals surface area (Å²) >= 11 is 0. The number of benzene rings is 4. The zero-order valence-electron chi connectivity index (χ0n) is 13.1. The maximum absolute atomic E-state index is 5.67. The van der Waals surface area contributed by atoms with E-state index in [1.165, 1.54) is 10.8 Å². The SMILES string of the molecule is C#Cc1cc(-c2cc(C#C)cc3ccccc23)c2ccccc2c1. The monoisotopic (exact) mass is 302 g/mol. The third-order valence-corrected chi connectivity index (χ3v) is 4.35. The van der Waals surface area contributed by atoms with Crippen LogP contribution < -0.4 is 0 Å². The molecule has 0 nitrogen and oxygen atoms in total. The lowest BCUT2D eigenvalue weighted by Gasteiger charge is -2.12. The third kappa shape index (κ3) is 2.23. The lowest BCUT2D eigenvalue weighted by molar-refractivity contribution is 1.64. The van der Waals surface area contributed by atoms with E-state index in [0.717, 1.165) is 33.0 Å². The van der Waals surface area contributed by atoms with Crippen molar-refractivity contribution >= 4 is 21.5 Å². The van der Waals surface area contributed by atoms with E-state index in [4.69, 9.17) is 12.8 Å². The molecular weight excluding hydrogens is 288 g/mol. The van der Waals surface area contributed by atoms with Crippen LogP contribution in [0.3, 0.4) is 0 Å². The topological polar surface area (TPSA) is 0 Å². The largest absolute Gasteiger partial charge is 0.115 e. The van der Waals surface area contributed by atoms with Gasteiger partial charge < -0.3 is 0 Å². The lowest BCUT2D eigenvalue weighted by Crippen LogP contribution is -1.88. The third-order valence-electron chi connectivity index (χ3n) is 4.35. The van der Waals surface area contributed by atoms with Crippen LogP contribution >= 0.6 is 0 Å². The molecule has 0 saturated heterocycles. The molecule has 0 saturated carbocycles. The Bertz CT molecular complexity index is 1070. The van der Waals surface area contributed by atoms with Crippen molar-refractivity contribution in [2.75, 3.05) is 0 Å². The maximum Gasteiger partial charge on any atom is 0.0255 e. The molecule has 0 spiro atoms. The van der Waals surface area contributed by atoms with Crippen molar-refractivity contribution in [1.29, 1.82) is 0 Å². The molecule has 0 aliphatic heterocycles. The molecule has 0 fully saturated rings. The molecule has 0 heterocycles. The van der Waals surface area contributed by atoms with Gasteiger partial charge in [0.25, 0.3) is 0 Å². The molecule has 0 aliphatic carbocycles. The highest BCUT2D eigenvalue weighted by Crippen LogP contribution is 2.35. The minimum absolute atomic E-state index is 0.874. The summed E-state index contributed by atoms with van der Waals surface area (Å²) < 4.78 is 0. The number of hydrogen-bond acceptors (Lipinski definition) is 0. The molecule has 4 rings (SSSR count).